The highest BCUT2D eigenvalue weighted by Gasteiger charge is 2.11. The van der Waals surface area contributed by atoms with Crippen molar-refractivity contribution in [3.8, 4) is 17.6 Å². The smallest absolute Gasteiger partial charge is 0.269 e. The molecule has 0 aliphatic carbocycles. The van der Waals surface area contributed by atoms with Crippen molar-refractivity contribution in [1.82, 2.24) is 9.97 Å². The molecular formula is C25H20N4O4. The highest BCUT2D eigenvalue weighted by molar-refractivity contribution is 5.90. The number of imidazole rings is 1. The van der Waals surface area contributed by atoms with Crippen LogP contribution in [0.5, 0.6) is 11.5 Å². The van der Waals surface area contributed by atoms with Crippen LogP contribution in [0.2, 0.25) is 0 Å². The van der Waals surface area contributed by atoms with Crippen LogP contribution in [0, 0.1) is 21.4 Å². The van der Waals surface area contributed by atoms with Crippen molar-refractivity contribution in [1.29, 1.82) is 5.26 Å². The fourth-order valence-corrected chi connectivity index (χ4v) is 3.32. The summed E-state index contributed by atoms with van der Waals surface area (Å²) in [7, 11) is 0. The predicted octanol–water partition coefficient (Wildman–Crippen LogP) is 5.51. The van der Waals surface area contributed by atoms with Gasteiger partial charge in [0.15, 0.2) is 11.5 Å². The first-order valence-electron chi connectivity index (χ1n) is 10.3. The molecule has 0 spiro atoms. The average Bonchev–Trinajstić information content (AvgIpc) is 3.26. The molecule has 0 aliphatic heterocycles. The van der Waals surface area contributed by atoms with Gasteiger partial charge in [0, 0.05) is 12.1 Å². The molecular weight excluding hydrogens is 420 g/mol. The minimum absolute atomic E-state index is 0.0104. The van der Waals surface area contributed by atoms with Crippen LogP contribution in [0.15, 0.2) is 66.7 Å². The van der Waals surface area contributed by atoms with Crippen molar-refractivity contribution in [3.63, 3.8) is 0 Å². The van der Waals surface area contributed by atoms with Crippen molar-refractivity contribution < 1.29 is 14.4 Å². The van der Waals surface area contributed by atoms with E-state index in [1.165, 1.54) is 12.1 Å². The number of nitro groups is 1. The summed E-state index contributed by atoms with van der Waals surface area (Å²) in [6.07, 6.45) is 1.73. The number of aromatic amines is 1. The third-order valence-electron chi connectivity index (χ3n) is 4.86. The monoisotopic (exact) mass is 440 g/mol. The zero-order valence-electron chi connectivity index (χ0n) is 17.8. The van der Waals surface area contributed by atoms with Gasteiger partial charge in [0.05, 0.1) is 28.1 Å². The average molecular weight is 440 g/mol. The molecule has 0 atom stereocenters. The molecule has 33 heavy (non-hydrogen) atoms. The zero-order valence-corrected chi connectivity index (χ0v) is 17.8. The number of rotatable bonds is 8. The van der Waals surface area contributed by atoms with Gasteiger partial charge in [0.25, 0.3) is 5.69 Å². The number of fused-ring (bicyclic) bond motifs is 1. The van der Waals surface area contributed by atoms with Crippen molar-refractivity contribution in [3.05, 3.63) is 93.8 Å². The normalized spacial score (nSPS) is 11.2. The van der Waals surface area contributed by atoms with Gasteiger partial charge in [-0.05, 0) is 48.4 Å². The van der Waals surface area contributed by atoms with Gasteiger partial charge in [0.2, 0.25) is 0 Å². The number of allylic oxidation sites excluding steroid dienone is 1. The Morgan fingerprint density at radius 3 is 2.73 bits per heavy atom. The van der Waals surface area contributed by atoms with Gasteiger partial charge in [-0.1, -0.05) is 30.3 Å². The van der Waals surface area contributed by atoms with E-state index in [0.29, 0.717) is 35.1 Å². The second-order valence-electron chi connectivity index (χ2n) is 7.13. The molecule has 8 heteroatoms. The minimum Gasteiger partial charge on any atom is -0.490 e. The summed E-state index contributed by atoms with van der Waals surface area (Å²) in [5.41, 5.74) is 3.46. The largest absolute Gasteiger partial charge is 0.490 e. The van der Waals surface area contributed by atoms with Crippen LogP contribution in [0.3, 0.4) is 0 Å². The number of nitriles is 1. The second-order valence-corrected chi connectivity index (χ2v) is 7.13. The molecule has 0 bridgehead atoms. The van der Waals surface area contributed by atoms with E-state index < -0.39 is 4.92 Å². The number of non-ortho nitro benzene ring substituents is 1. The van der Waals surface area contributed by atoms with Gasteiger partial charge < -0.3 is 14.5 Å². The fraction of sp³-hybridized carbons (Fsp3) is 0.120. The molecule has 164 valence electrons. The maximum absolute atomic E-state index is 11.0. The number of ether oxygens (including phenoxy) is 2. The molecule has 0 unspecified atom stereocenters. The highest BCUT2D eigenvalue weighted by Crippen LogP contribution is 2.31. The lowest BCUT2D eigenvalue weighted by atomic mass is 10.1. The maximum Gasteiger partial charge on any atom is 0.269 e. The summed E-state index contributed by atoms with van der Waals surface area (Å²) < 4.78 is 11.6. The van der Waals surface area contributed by atoms with Crippen molar-refractivity contribution >= 4 is 28.4 Å². The molecule has 4 aromatic rings. The van der Waals surface area contributed by atoms with E-state index in [9.17, 15) is 15.4 Å². The third kappa shape index (κ3) is 4.99. The van der Waals surface area contributed by atoms with Crippen LogP contribution in [0.4, 0.5) is 5.69 Å². The Balaban J connectivity index is 1.58. The molecule has 0 aliphatic rings. The number of nitrogens with zero attached hydrogens (tertiary/aromatic N) is 3. The number of nitrogens with one attached hydrogen (secondary N) is 1. The van der Waals surface area contributed by atoms with E-state index in [1.807, 2.05) is 37.3 Å². The van der Waals surface area contributed by atoms with Crippen molar-refractivity contribution in [2.24, 2.45) is 0 Å². The van der Waals surface area contributed by atoms with Gasteiger partial charge in [0.1, 0.15) is 18.5 Å². The Morgan fingerprint density at radius 2 is 1.97 bits per heavy atom. The van der Waals surface area contributed by atoms with Crippen LogP contribution >= 0.6 is 0 Å². The Morgan fingerprint density at radius 1 is 1.12 bits per heavy atom. The Labute approximate surface area is 189 Å². The number of nitro benzene ring substituents is 1. The Kier molecular flexibility index (Phi) is 6.32. The van der Waals surface area contributed by atoms with Crippen molar-refractivity contribution in [2.75, 3.05) is 6.61 Å². The summed E-state index contributed by atoms with van der Waals surface area (Å²) in [5.74, 6) is 1.50. The summed E-state index contributed by atoms with van der Waals surface area (Å²) >= 11 is 0. The van der Waals surface area contributed by atoms with Gasteiger partial charge in [-0.3, -0.25) is 10.1 Å². The van der Waals surface area contributed by atoms with E-state index in [2.05, 4.69) is 16.0 Å². The van der Waals surface area contributed by atoms with Gasteiger partial charge >= 0.3 is 0 Å². The molecule has 0 saturated carbocycles. The van der Waals surface area contributed by atoms with Crippen LogP contribution < -0.4 is 9.47 Å². The first-order chi connectivity index (χ1) is 16.1. The third-order valence-corrected chi connectivity index (χ3v) is 4.86. The van der Waals surface area contributed by atoms with Crippen LogP contribution in [0.25, 0.3) is 22.7 Å². The summed E-state index contributed by atoms with van der Waals surface area (Å²) in [6, 6.07) is 21.4. The standard InChI is InChI=1S/C25H20N4O4/c1-2-32-24-14-17(12-19(15-26)25-27-21-8-3-4-9-22(21)28-25)10-11-23(24)33-16-18-6-5-7-20(13-18)29(30)31/h3-14H,2,16H2,1H3,(H,27,28)/b19-12+. The van der Waals surface area contributed by atoms with E-state index >= 15 is 0 Å². The molecule has 1 aromatic heterocycles. The summed E-state index contributed by atoms with van der Waals surface area (Å²) in [5, 5.41) is 20.7. The molecule has 0 radical (unpaired) electrons. The zero-order chi connectivity index (χ0) is 23.2. The number of H-pyrrole nitrogens is 1. The SMILES string of the molecule is CCOc1cc(/C=C(\C#N)c2nc3ccccc3[nH]2)ccc1OCc1cccc([N+](=O)[O-])c1. The lowest BCUT2D eigenvalue weighted by molar-refractivity contribution is -0.384. The molecule has 0 saturated heterocycles. The Bertz CT molecular complexity index is 1350. The summed E-state index contributed by atoms with van der Waals surface area (Å²) in [4.78, 5) is 18.2. The molecule has 1 heterocycles. The number of hydrogen-bond acceptors (Lipinski definition) is 6. The molecule has 1 N–H and O–H groups in total. The van der Waals surface area contributed by atoms with Gasteiger partial charge in [-0.15, -0.1) is 0 Å². The fourth-order valence-electron chi connectivity index (χ4n) is 3.32. The number of benzene rings is 3. The quantitative estimate of drug-likeness (QED) is 0.219. The molecule has 4 rings (SSSR count). The number of para-hydroxylation sites is 2. The van der Waals surface area contributed by atoms with E-state index in [1.54, 1.807) is 30.3 Å². The van der Waals surface area contributed by atoms with Crippen LogP contribution in [-0.2, 0) is 6.61 Å². The number of hydrogen-bond donors (Lipinski definition) is 1. The summed E-state index contributed by atoms with van der Waals surface area (Å²) in [6.45, 7) is 2.44. The van der Waals surface area contributed by atoms with Gasteiger partial charge in [-0.2, -0.15) is 5.26 Å². The molecule has 0 amide bonds. The number of aromatic nitrogens is 2. The Hall–Kier alpha value is -4.64. The highest BCUT2D eigenvalue weighted by atomic mass is 16.6. The van der Waals surface area contributed by atoms with Gasteiger partial charge in [-0.25, -0.2) is 4.98 Å². The first-order valence-corrected chi connectivity index (χ1v) is 10.3. The lowest BCUT2D eigenvalue weighted by Gasteiger charge is -2.13. The molecule has 3 aromatic carbocycles. The van der Waals surface area contributed by atoms with Crippen molar-refractivity contribution in [2.45, 2.75) is 13.5 Å². The first kappa shape index (κ1) is 21.6. The molecule has 8 nitrogen and oxygen atoms in total. The second kappa shape index (κ2) is 9.66. The topological polar surface area (TPSA) is 114 Å². The predicted molar refractivity (Wildman–Crippen MR) is 125 cm³/mol. The lowest BCUT2D eigenvalue weighted by Crippen LogP contribution is -2.00. The van der Waals surface area contributed by atoms with Crippen LogP contribution in [0.1, 0.15) is 23.9 Å². The maximum atomic E-state index is 11.0. The minimum atomic E-state index is -0.439. The molecule has 0 fully saturated rings. The van der Waals surface area contributed by atoms with E-state index in [4.69, 9.17) is 9.47 Å². The van der Waals surface area contributed by atoms with E-state index in [0.717, 1.165) is 16.6 Å². The van der Waals surface area contributed by atoms with E-state index in [-0.39, 0.29) is 12.3 Å². The van der Waals surface area contributed by atoms with Crippen LogP contribution in [-0.4, -0.2) is 21.5 Å².